The van der Waals surface area contributed by atoms with Crippen LogP contribution in [0.2, 0.25) is 0 Å². The lowest BCUT2D eigenvalue weighted by Crippen LogP contribution is -2.34. The smallest absolute Gasteiger partial charge is 0.343 e. The number of primary amides is 1. The molecule has 2 amide bonds. The van der Waals surface area contributed by atoms with Crippen molar-refractivity contribution in [3.8, 4) is 0 Å². The molecule has 4 heteroatoms. The molecule has 0 heterocycles. The average molecular weight is 165 g/mol. The highest BCUT2D eigenvalue weighted by molar-refractivity contribution is 5.88. The van der Waals surface area contributed by atoms with Crippen molar-refractivity contribution in [3.63, 3.8) is 0 Å². The monoisotopic (exact) mass is 165 g/mol. The number of anilines is 1. The maximum absolute atomic E-state index is 10.7. The molecule has 4 nitrogen and oxygen atoms in total. The van der Waals surface area contributed by atoms with Gasteiger partial charge < -0.3 is 5.73 Å². The number of benzene rings is 1. The van der Waals surface area contributed by atoms with E-state index in [1.807, 2.05) is 0 Å². The van der Waals surface area contributed by atoms with Crippen molar-refractivity contribution in [2.75, 3.05) is 12.2 Å². The van der Waals surface area contributed by atoms with Crippen LogP contribution in [-0.4, -0.2) is 13.1 Å². The van der Waals surface area contributed by atoms with E-state index < -0.39 is 6.03 Å². The number of nitrogens with two attached hydrogens (primary N) is 1. The minimum absolute atomic E-state index is 0.587. The molecule has 0 bridgehead atoms. The molecule has 0 unspecified atom stereocenters. The largest absolute Gasteiger partial charge is 0.349 e. The highest BCUT2D eigenvalue weighted by atomic mass is 16.7. The summed E-state index contributed by atoms with van der Waals surface area (Å²) >= 11 is 0. The van der Waals surface area contributed by atoms with Crippen LogP contribution >= 0.6 is 0 Å². The summed E-state index contributed by atoms with van der Waals surface area (Å²) in [6, 6.07) is 8.86. The second-order valence-corrected chi connectivity index (χ2v) is 2.07. The first-order valence-corrected chi connectivity index (χ1v) is 3.35. The molecule has 1 aromatic rings. The van der Waals surface area contributed by atoms with E-state index in [0.717, 1.165) is 5.06 Å². The number of rotatable bonds is 2. The third-order valence-corrected chi connectivity index (χ3v) is 1.32. The molecule has 1 radical (unpaired) electrons. The second kappa shape index (κ2) is 3.73. The molecule has 0 aromatic heterocycles. The van der Waals surface area contributed by atoms with E-state index in [9.17, 15) is 4.79 Å². The van der Waals surface area contributed by atoms with Crippen LogP contribution in [0, 0.1) is 6.07 Å². The lowest BCUT2D eigenvalue weighted by atomic mass is 10.3. The first-order valence-electron chi connectivity index (χ1n) is 3.35. The summed E-state index contributed by atoms with van der Waals surface area (Å²) < 4.78 is 0. The summed E-state index contributed by atoms with van der Waals surface area (Å²) in [6.45, 7) is 0. The molecule has 0 atom stereocenters. The van der Waals surface area contributed by atoms with E-state index >= 15 is 0 Å². The predicted octanol–water partition coefficient (Wildman–Crippen LogP) is 0.933. The molecule has 0 saturated heterocycles. The van der Waals surface area contributed by atoms with Crippen LogP contribution in [-0.2, 0) is 4.84 Å². The van der Waals surface area contributed by atoms with E-state index in [1.54, 1.807) is 24.3 Å². The van der Waals surface area contributed by atoms with Crippen LogP contribution in [0.25, 0.3) is 0 Å². The molecule has 0 aliphatic rings. The SMILES string of the molecule is CON(C(N)=O)c1cc[c]cc1. The average Bonchev–Trinajstić information content (AvgIpc) is 2.07. The Morgan fingerprint density at radius 3 is 2.58 bits per heavy atom. The van der Waals surface area contributed by atoms with E-state index in [1.165, 1.54) is 7.11 Å². The fourth-order valence-corrected chi connectivity index (χ4v) is 0.836. The van der Waals surface area contributed by atoms with Crippen LogP contribution < -0.4 is 10.8 Å². The van der Waals surface area contributed by atoms with Gasteiger partial charge in [-0.05, 0) is 18.2 Å². The van der Waals surface area contributed by atoms with Gasteiger partial charge in [0.2, 0.25) is 0 Å². The van der Waals surface area contributed by atoms with Crippen LogP contribution in [0.5, 0.6) is 0 Å². The van der Waals surface area contributed by atoms with Gasteiger partial charge in [0.1, 0.15) is 0 Å². The van der Waals surface area contributed by atoms with Gasteiger partial charge >= 0.3 is 6.03 Å². The van der Waals surface area contributed by atoms with Crippen molar-refractivity contribution >= 4 is 11.7 Å². The highest BCUT2D eigenvalue weighted by Crippen LogP contribution is 2.11. The topological polar surface area (TPSA) is 55.6 Å². The maximum Gasteiger partial charge on any atom is 0.343 e. The zero-order valence-corrected chi connectivity index (χ0v) is 6.65. The van der Waals surface area contributed by atoms with Crippen molar-refractivity contribution in [1.82, 2.24) is 0 Å². The Bertz CT molecular complexity index is 261. The third kappa shape index (κ3) is 1.73. The van der Waals surface area contributed by atoms with E-state index in [2.05, 4.69) is 6.07 Å². The lowest BCUT2D eigenvalue weighted by molar-refractivity contribution is 0.168. The number of hydrogen-bond donors (Lipinski definition) is 1. The van der Waals surface area contributed by atoms with E-state index in [4.69, 9.17) is 10.6 Å². The Morgan fingerprint density at radius 1 is 1.58 bits per heavy atom. The summed E-state index contributed by atoms with van der Waals surface area (Å²) in [5.41, 5.74) is 5.62. The fraction of sp³-hybridized carbons (Fsp3) is 0.125. The lowest BCUT2D eigenvalue weighted by Gasteiger charge is -2.16. The molecule has 63 valence electrons. The molecule has 0 saturated carbocycles. The zero-order chi connectivity index (χ0) is 8.97. The van der Waals surface area contributed by atoms with Crippen molar-refractivity contribution < 1.29 is 9.63 Å². The van der Waals surface area contributed by atoms with Crippen LogP contribution in [0.4, 0.5) is 10.5 Å². The van der Waals surface area contributed by atoms with Gasteiger partial charge in [0.25, 0.3) is 0 Å². The molecular formula is C8H9N2O2. The molecule has 12 heavy (non-hydrogen) atoms. The fourth-order valence-electron chi connectivity index (χ4n) is 0.836. The Balaban J connectivity index is 2.88. The number of hydrogen-bond acceptors (Lipinski definition) is 2. The van der Waals surface area contributed by atoms with Gasteiger partial charge in [0, 0.05) is 0 Å². The normalized spacial score (nSPS) is 9.42. The third-order valence-electron chi connectivity index (χ3n) is 1.32. The Labute approximate surface area is 70.5 Å². The van der Waals surface area contributed by atoms with Crippen molar-refractivity contribution in [2.24, 2.45) is 5.73 Å². The molecular weight excluding hydrogens is 156 g/mol. The van der Waals surface area contributed by atoms with E-state index in [-0.39, 0.29) is 0 Å². The first kappa shape index (κ1) is 8.55. The molecule has 2 N–H and O–H groups in total. The summed E-state index contributed by atoms with van der Waals surface area (Å²) in [7, 11) is 1.38. The van der Waals surface area contributed by atoms with Gasteiger partial charge in [-0.1, -0.05) is 12.1 Å². The molecule has 1 rings (SSSR count). The van der Waals surface area contributed by atoms with Crippen LogP contribution in [0.3, 0.4) is 0 Å². The summed E-state index contributed by atoms with van der Waals surface area (Å²) in [5.74, 6) is 0. The Kier molecular flexibility index (Phi) is 2.66. The van der Waals surface area contributed by atoms with Gasteiger partial charge in [-0.25, -0.2) is 4.79 Å². The second-order valence-electron chi connectivity index (χ2n) is 2.07. The van der Waals surface area contributed by atoms with Crippen molar-refractivity contribution in [1.29, 1.82) is 0 Å². The summed E-state index contributed by atoms with van der Waals surface area (Å²) in [5, 5.41) is 0.994. The Morgan fingerprint density at radius 2 is 2.17 bits per heavy atom. The highest BCUT2D eigenvalue weighted by Gasteiger charge is 2.09. The van der Waals surface area contributed by atoms with Crippen molar-refractivity contribution in [2.45, 2.75) is 0 Å². The summed E-state index contributed by atoms with van der Waals surface area (Å²) in [6.07, 6.45) is 0. The molecule has 0 spiro atoms. The number of hydroxylamine groups is 1. The quantitative estimate of drug-likeness (QED) is 0.663. The number of urea groups is 1. The molecule has 0 aliphatic carbocycles. The first-order chi connectivity index (χ1) is 5.75. The van der Waals surface area contributed by atoms with E-state index in [0.29, 0.717) is 5.69 Å². The van der Waals surface area contributed by atoms with Gasteiger partial charge in [-0.3, -0.25) is 4.84 Å². The predicted molar refractivity (Wildman–Crippen MR) is 44.3 cm³/mol. The maximum atomic E-state index is 10.7. The number of carbonyl (C=O) groups excluding carboxylic acids is 1. The van der Waals surface area contributed by atoms with Crippen LogP contribution in [0.15, 0.2) is 24.3 Å². The van der Waals surface area contributed by atoms with Crippen LogP contribution in [0.1, 0.15) is 0 Å². The standard InChI is InChI=1S/C8H9N2O2/c1-12-10(8(9)11)7-5-3-2-4-6-7/h3-6H,1H3,(H2,9,11). The summed E-state index contributed by atoms with van der Waals surface area (Å²) in [4.78, 5) is 15.5. The molecule has 0 fully saturated rings. The Hall–Kier alpha value is -1.55. The zero-order valence-electron chi connectivity index (χ0n) is 6.65. The van der Waals surface area contributed by atoms with Crippen molar-refractivity contribution in [3.05, 3.63) is 30.3 Å². The minimum atomic E-state index is -0.649. The van der Waals surface area contributed by atoms with Gasteiger partial charge in [-0.2, -0.15) is 5.06 Å². The van der Waals surface area contributed by atoms with Gasteiger partial charge in [0.05, 0.1) is 12.8 Å². The molecule has 0 aliphatic heterocycles. The minimum Gasteiger partial charge on any atom is -0.349 e. The number of carbonyl (C=O) groups is 1. The van der Waals surface area contributed by atoms with Gasteiger partial charge in [-0.15, -0.1) is 0 Å². The van der Waals surface area contributed by atoms with Gasteiger partial charge in [0.15, 0.2) is 0 Å². The number of nitrogens with zero attached hydrogens (tertiary/aromatic N) is 1. The number of amides is 2. The molecule has 1 aromatic carbocycles.